The third-order valence-corrected chi connectivity index (χ3v) is 2.57. The summed E-state index contributed by atoms with van der Waals surface area (Å²) in [6.07, 6.45) is 6.79. The minimum Gasteiger partial charge on any atom is -0.310 e. The van der Waals surface area contributed by atoms with Crippen molar-refractivity contribution < 1.29 is 0 Å². The van der Waals surface area contributed by atoms with Crippen LogP contribution >= 0.6 is 0 Å². The Kier molecular flexibility index (Phi) is 3.94. The van der Waals surface area contributed by atoms with E-state index in [4.69, 9.17) is 0 Å². The third-order valence-electron chi connectivity index (χ3n) is 2.57. The Morgan fingerprint density at radius 1 is 1.17 bits per heavy atom. The summed E-state index contributed by atoms with van der Waals surface area (Å²) < 4.78 is 0. The zero-order valence-corrected chi connectivity index (χ0v) is 10.9. The molecule has 1 N–H and O–H groups in total. The summed E-state index contributed by atoms with van der Waals surface area (Å²) in [6.45, 7) is 7.00. The van der Waals surface area contributed by atoms with Crippen molar-refractivity contribution in [3.8, 4) is 11.5 Å². The van der Waals surface area contributed by atoms with Crippen LogP contribution in [0.3, 0.4) is 0 Å². The molecule has 0 saturated carbocycles. The number of aryl methyl sites for hydroxylation is 1. The zero-order valence-electron chi connectivity index (χ0n) is 10.9. The van der Waals surface area contributed by atoms with Crippen LogP contribution in [-0.4, -0.2) is 26.0 Å². The van der Waals surface area contributed by atoms with Gasteiger partial charge < -0.3 is 5.32 Å². The first kappa shape index (κ1) is 12.6. The Balaban J connectivity index is 2.20. The van der Waals surface area contributed by atoms with E-state index in [0.29, 0.717) is 17.6 Å². The van der Waals surface area contributed by atoms with Gasteiger partial charge in [-0.3, -0.25) is 4.98 Å². The second-order valence-corrected chi connectivity index (χ2v) is 4.43. The van der Waals surface area contributed by atoms with Crippen LogP contribution in [0.25, 0.3) is 11.5 Å². The maximum Gasteiger partial charge on any atom is 0.179 e. The molecule has 18 heavy (non-hydrogen) atoms. The summed E-state index contributed by atoms with van der Waals surface area (Å²) in [5.74, 6) is 0.619. The van der Waals surface area contributed by atoms with E-state index in [1.807, 2.05) is 13.1 Å². The van der Waals surface area contributed by atoms with Crippen LogP contribution in [0.15, 0.2) is 24.8 Å². The lowest BCUT2D eigenvalue weighted by molar-refractivity contribution is 0.585. The number of nitrogens with zero attached hydrogens (tertiary/aromatic N) is 4. The molecule has 2 aromatic heterocycles. The van der Waals surface area contributed by atoms with Crippen molar-refractivity contribution in [3.05, 3.63) is 36.0 Å². The molecule has 0 fully saturated rings. The van der Waals surface area contributed by atoms with Crippen molar-refractivity contribution in [3.63, 3.8) is 0 Å². The zero-order chi connectivity index (χ0) is 13.0. The molecule has 0 aliphatic rings. The highest BCUT2D eigenvalue weighted by Gasteiger charge is 2.06. The number of rotatable bonds is 4. The molecule has 0 saturated heterocycles. The fourth-order valence-corrected chi connectivity index (χ4v) is 1.52. The molecule has 0 bridgehead atoms. The van der Waals surface area contributed by atoms with E-state index in [0.717, 1.165) is 17.8 Å². The SMILES string of the molecule is Cc1nc(-c2cnccn2)ncc1CNC(C)C. The number of aromatic nitrogens is 4. The Morgan fingerprint density at radius 2 is 2.00 bits per heavy atom. The smallest absolute Gasteiger partial charge is 0.179 e. The van der Waals surface area contributed by atoms with Gasteiger partial charge in [-0.2, -0.15) is 0 Å². The molecule has 2 heterocycles. The van der Waals surface area contributed by atoms with Crippen molar-refractivity contribution >= 4 is 0 Å². The Bertz CT molecular complexity index is 510. The van der Waals surface area contributed by atoms with Crippen LogP contribution < -0.4 is 5.32 Å². The molecule has 0 aromatic carbocycles. The van der Waals surface area contributed by atoms with E-state index >= 15 is 0 Å². The molecule has 0 spiro atoms. The van der Waals surface area contributed by atoms with Crippen molar-refractivity contribution in [1.82, 2.24) is 25.3 Å². The fourth-order valence-electron chi connectivity index (χ4n) is 1.52. The molecule has 0 aliphatic heterocycles. The predicted molar refractivity (Wildman–Crippen MR) is 69.8 cm³/mol. The van der Waals surface area contributed by atoms with Gasteiger partial charge in [-0.05, 0) is 6.92 Å². The fraction of sp³-hybridized carbons (Fsp3) is 0.385. The summed E-state index contributed by atoms with van der Waals surface area (Å²) in [5, 5.41) is 3.35. The Morgan fingerprint density at radius 3 is 2.61 bits per heavy atom. The van der Waals surface area contributed by atoms with Crippen LogP contribution in [-0.2, 0) is 6.54 Å². The van der Waals surface area contributed by atoms with E-state index in [2.05, 4.69) is 39.1 Å². The summed E-state index contributed by atoms with van der Waals surface area (Å²) in [4.78, 5) is 17.0. The summed E-state index contributed by atoms with van der Waals surface area (Å²) in [6, 6.07) is 0.448. The highest BCUT2D eigenvalue weighted by Crippen LogP contribution is 2.12. The maximum atomic E-state index is 4.47. The summed E-state index contributed by atoms with van der Waals surface area (Å²) >= 11 is 0. The Labute approximate surface area is 107 Å². The molecule has 0 aliphatic carbocycles. The van der Waals surface area contributed by atoms with Crippen molar-refractivity contribution in [2.45, 2.75) is 33.4 Å². The van der Waals surface area contributed by atoms with Gasteiger partial charge in [-0.25, -0.2) is 15.0 Å². The standard InChI is InChI=1S/C13H17N5/c1-9(2)16-6-11-7-17-13(18-10(11)3)12-8-14-4-5-15-12/h4-5,7-9,16H,6H2,1-3H3. The number of hydrogen-bond acceptors (Lipinski definition) is 5. The Hall–Kier alpha value is -1.88. The van der Waals surface area contributed by atoms with Gasteiger partial charge >= 0.3 is 0 Å². The molecule has 0 unspecified atom stereocenters. The van der Waals surface area contributed by atoms with Gasteiger partial charge in [0, 0.05) is 42.4 Å². The minimum absolute atomic E-state index is 0.448. The van der Waals surface area contributed by atoms with E-state index in [1.54, 1.807) is 18.6 Å². The van der Waals surface area contributed by atoms with Gasteiger partial charge in [-0.15, -0.1) is 0 Å². The van der Waals surface area contributed by atoms with E-state index in [9.17, 15) is 0 Å². The molecule has 0 atom stereocenters. The summed E-state index contributed by atoms with van der Waals surface area (Å²) in [5.41, 5.74) is 2.78. The minimum atomic E-state index is 0.448. The van der Waals surface area contributed by atoms with E-state index in [1.165, 1.54) is 0 Å². The van der Waals surface area contributed by atoms with Crippen LogP contribution in [0.1, 0.15) is 25.1 Å². The molecule has 0 amide bonds. The van der Waals surface area contributed by atoms with E-state index < -0.39 is 0 Å². The molecule has 5 nitrogen and oxygen atoms in total. The molecular weight excluding hydrogens is 226 g/mol. The number of hydrogen-bond donors (Lipinski definition) is 1. The second kappa shape index (κ2) is 5.64. The quantitative estimate of drug-likeness (QED) is 0.886. The van der Waals surface area contributed by atoms with Gasteiger partial charge in [0.25, 0.3) is 0 Å². The molecule has 94 valence electrons. The van der Waals surface area contributed by atoms with Crippen molar-refractivity contribution in [2.24, 2.45) is 0 Å². The summed E-state index contributed by atoms with van der Waals surface area (Å²) in [7, 11) is 0. The van der Waals surface area contributed by atoms with Crippen LogP contribution in [0, 0.1) is 6.92 Å². The van der Waals surface area contributed by atoms with Crippen LogP contribution in [0.4, 0.5) is 0 Å². The molecule has 5 heteroatoms. The monoisotopic (exact) mass is 243 g/mol. The normalized spacial score (nSPS) is 10.9. The van der Waals surface area contributed by atoms with Crippen LogP contribution in [0.5, 0.6) is 0 Å². The average Bonchev–Trinajstić information content (AvgIpc) is 2.38. The van der Waals surface area contributed by atoms with Crippen molar-refractivity contribution in [1.29, 1.82) is 0 Å². The molecule has 0 radical (unpaired) electrons. The van der Waals surface area contributed by atoms with Gasteiger partial charge in [0.05, 0.1) is 6.20 Å². The highest BCUT2D eigenvalue weighted by molar-refractivity contribution is 5.47. The van der Waals surface area contributed by atoms with Gasteiger partial charge in [0.15, 0.2) is 5.82 Å². The second-order valence-electron chi connectivity index (χ2n) is 4.43. The molecular formula is C13H17N5. The van der Waals surface area contributed by atoms with Crippen molar-refractivity contribution in [2.75, 3.05) is 0 Å². The van der Waals surface area contributed by atoms with Crippen LogP contribution in [0.2, 0.25) is 0 Å². The van der Waals surface area contributed by atoms with E-state index in [-0.39, 0.29) is 0 Å². The average molecular weight is 243 g/mol. The molecule has 2 rings (SSSR count). The van der Waals surface area contributed by atoms with Gasteiger partial charge in [0.2, 0.25) is 0 Å². The highest BCUT2D eigenvalue weighted by atomic mass is 14.9. The third kappa shape index (κ3) is 3.07. The largest absolute Gasteiger partial charge is 0.310 e. The lowest BCUT2D eigenvalue weighted by Gasteiger charge is -2.10. The predicted octanol–water partition coefficient (Wildman–Crippen LogP) is 1.74. The van der Waals surface area contributed by atoms with Gasteiger partial charge in [0.1, 0.15) is 5.69 Å². The number of nitrogens with one attached hydrogen (secondary N) is 1. The molecule has 2 aromatic rings. The lowest BCUT2D eigenvalue weighted by Crippen LogP contribution is -2.22. The first-order valence-corrected chi connectivity index (χ1v) is 5.99. The first-order valence-electron chi connectivity index (χ1n) is 5.99. The topological polar surface area (TPSA) is 63.6 Å². The first-order chi connectivity index (χ1) is 8.66. The maximum absolute atomic E-state index is 4.47. The lowest BCUT2D eigenvalue weighted by atomic mass is 10.2. The van der Waals surface area contributed by atoms with Gasteiger partial charge in [-0.1, -0.05) is 13.8 Å².